The molecule has 0 aromatic heterocycles. The molecule has 0 aliphatic carbocycles. The smallest absolute Gasteiger partial charge is 0.0471 e. The van der Waals surface area contributed by atoms with Crippen LogP contribution < -0.4 is 10.6 Å². The molecule has 0 spiro atoms. The Labute approximate surface area is 106 Å². The van der Waals surface area contributed by atoms with Gasteiger partial charge in [0.1, 0.15) is 0 Å². The molecule has 2 rings (SSSR count). The van der Waals surface area contributed by atoms with Gasteiger partial charge in [-0.15, -0.1) is 0 Å². The molecule has 100 valence electrons. The lowest BCUT2D eigenvalue weighted by atomic mass is 9.82. The predicted molar refractivity (Wildman–Crippen MR) is 71.2 cm³/mol. The maximum absolute atomic E-state index is 5.44. The second-order valence-corrected chi connectivity index (χ2v) is 6.23. The molecular weight excluding hydrogens is 212 g/mol. The highest BCUT2D eigenvalue weighted by molar-refractivity contribution is 4.83. The van der Waals surface area contributed by atoms with Crippen molar-refractivity contribution in [2.75, 3.05) is 32.8 Å². The van der Waals surface area contributed by atoms with Crippen LogP contribution in [0.2, 0.25) is 0 Å². The van der Waals surface area contributed by atoms with Crippen molar-refractivity contribution in [2.45, 2.75) is 45.6 Å². The predicted octanol–water partition coefficient (Wildman–Crippen LogP) is 1.78. The molecule has 0 amide bonds. The Morgan fingerprint density at radius 1 is 1.35 bits per heavy atom. The van der Waals surface area contributed by atoms with Crippen LogP contribution in [-0.4, -0.2) is 38.9 Å². The van der Waals surface area contributed by atoms with Crippen LogP contribution in [0.4, 0.5) is 0 Å². The zero-order valence-electron chi connectivity index (χ0n) is 11.4. The summed E-state index contributed by atoms with van der Waals surface area (Å²) >= 11 is 0. The molecule has 3 heteroatoms. The van der Waals surface area contributed by atoms with Crippen molar-refractivity contribution in [3.63, 3.8) is 0 Å². The van der Waals surface area contributed by atoms with Crippen molar-refractivity contribution >= 4 is 0 Å². The average molecular weight is 240 g/mol. The van der Waals surface area contributed by atoms with Crippen molar-refractivity contribution in [2.24, 2.45) is 11.3 Å². The van der Waals surface area contributed by atoms with Crippen LogP contribution in [0.3, 0.4) is 0 Å². The molecule has 0 saturated carbocycles. The fraction of sp³-hybridized carbons (Fsp3) is 1.00. The van der Waals surface area contributed by atoms with E-state index in [2.05, 4.69) is 24.5 Å². The van der Waals surface area contributed by atoms with E-state index in [-0.39, 0.29) is 0 Å². The van der Waals surface area contributed by atoms with Crippen LogP contribution in [0, 0.1) is 11.3 Å². The second-order valence-electron chi connectivity index (χ2n) is 6.23. The maximum Gasteiger partial charge on any atom is 0.0471 e. The third-order valence-corrected chi connectivity index (χ3v) is 4.55. The van der Waals surface area contributed by atoms with E-state index in [9.17, 15) is 0 Å². The van der Waals surface area contributed by atoms with E-state index in [1.54, 1.807) is 0 Å². The molecule has 2 heterocycles. The number of piperidine rings is 1. The van der Waals surface area contributed by atoms with E-state index >= 15 is 0 Å². The largest absolute Gasteiger partial charge is 0.381 e. The molecule has 2 aliphatic heterocycles. The molecule has 2 fully saturated rings. The highest BCUT2D eigenvalue weighted by Gasteiger charge is 2.27. The molecular formula is C14H28N2O. The number of hydrogen-bond acceptors (Lipinski definition) is 3. The summed E-state index contributed by atoms with van der Waals surface area (Å²) in [5.41, 5.74) is 0.455. The van der Waals surface area contributed by atoms with Crippen molar-refractivity contribution in [3.8, 4) is 0 Å². The summed E-state index contributed by atoms with van der Waals surface area (Å²) in [5.74, 6) is 0.818. The minimum absolute atomic E-state index is 0.455. The molecule has 0 aromatic rings. The summed E-state index contributed by atoms with van der Waals surface area (Å²) in [5, 5.41) is 7.31. The van der Waals surface area contributed by atoms with Crippen LogP contribution in [0.25, 0.3) is 0 Å². The lowest BCUT2D eigenvalue weighted by Gasteiger charge is -2.35. The lowest BCUT2D eigenvalue weighted by molar-refractivity contribution is 0.0237. The maximum atomic E-state index is 5.44. The fourth-order valence-electron chi connectivity index (χ4n) is 2.96. The van der Waals surface area contributed by atoms with Gasteiger partial charge in [0.15, 0.2) is 0 Å². The SMILES string of the molecule is CC1CCCNC1CNCC1(C)CCOCC1. The van der Waals surface area contributed by atoms with Crippen molar-refractivity contribution in [1.82, 2.24) is 10.6 Å². The fourth-order valence-corrected chi connectivity index (χ4v) is 2.96. The summed E-state index contributed by atoms with van der Waals surface area (Å²) in [6, 6.07) is 0.673. The van der Waals surface area contributed by atoms with Crippen LogP contribution >= 0.6 is 0 Å². The average Bonchev–Trinajstić information content (AvgIpc) is 2.32. The number of rotatable bonds is 4. The Hall–Kier alpha value is -0.120. The van der Waals surface area contributed by atoms with E-state index in [4.69, 9.17) is 4.74 Å². The molecule has 0 radical (unpaired) electrons. The normalized spacial score (nSPS) is 33.5. The number of nitrogens with one attached hydrogen (secondary N) is 2. The van der Waals surface area contributed by atoms with Crippen molar-refractivity contribution in [3.05, 3.63) is 0 Å². The summed E-state index contributed by atoms with van der Waals surface area (Å²) in [6.45, 7) is 10.1. The first kappa shape index (κ1) is 13.3. The quantitative estimate of drug-likeness (QED) is 0.786. The summed E-state index contributed by atoms with van der Waals surface area (Å²) in [6.07, 6.45) is 5.12. The first-order valence-corrected chi connectivity index (χ1v) is 7.21. The van der Waals surface area contributed by atoms with Gasteiger partial charge in [0, 0.05) is 32.3 Å². The van der Waals surface area contributed by atoms with E-state index in [1.807, 2.05) is 0 Å². The van der Waals surface area contributed by atoms with Gasteiger partial charge in [-0.3, -0.25) is 0 Å². The van der Waals surface area contributed by atoms with Gasteiger partial charge in [-0.1, -0.05) is 13.8 Å². The monoisotopic (exact) mass is 240 g/mol. The van der Waals surface area contributed by atoms with Gasteiger partial charge in [0.05, 0.1) is 0 Å². The summed E-state index contributed by atoms with van der Waals surface area (Å²) < 4.78 is 5.44. The highest BCUT2D eigenvalue weighted by atomic mass is 16.5. The molecule has 3 nitrogen and oxygen atoms in total. The Kier molecular flexibility index (Phi) is 4.83. The first-order chi connectivity index (χ1) is 8.20. The molecule has 2 unspecified atom stereocenters. The van der Waals surface area contributed by atoms with Gasteiger partial charge in [0.25, 0.3) is 0 Å². The Morgan fingerprint density at radius 3 is 2.82 bits per heavy atom. The second kappa shape index (κ2) is 6.17. The standard InChI is InChI=1S/C14H28N2O/c1-12-4-3-7-16-13(12)10-15-11-14(2)5-8-17-9-6-14/h12-13,15-16H,3-11H2,1-2H3. The van der Waals surface area contributed by atoms with Gasteiger partial charge < -0.3 is 15.4 Å². The van der Waals surface area contributed by atoms with Gasteiger partial charge in [0.2, 0.25) is 0 Å². The Bertz CT molecular complexity index is 226. The topological polar surface area (TPSA) is 33.3 Å². The number of hydrogen-bond donors (Lipinski definition) is 2. The molecule has 2 saturated heterocycles. The van der Waals surface area contributed by atoms with E-state index in [0.29, 0.717) is 11.5 Å². The van der Waals surface area contributed by atoms with Gasteiger partial charge in [-0.25, -0.2) is 0 Å². The molecule has 0 aromatic carbocycles. The summed E-state index contributed by atoms with van der Waals surface area (Å²) in [4.78, 5) is 0. The lowest BCUT2D eigenvalue weighted by Crippen LogP contribution is -2.48. The Balaban J connectivity index is 1.67. The highest BCUT2D eigenvalue weighted by Crippen LogP contribution is 2.28. The third-order valence-electron chi connectivity index (χ3n) is 4.55. The van der Waals surface area contributed by atoms with Crippen molar-refractivity contribution < 1.29 is 4.74 Å². The third kappa shape index (κ3) is 3.94. The van der Waals surface area contributed by atoms with E-state index in [0.717, 1.165) is 32.2 Å². The van der Waals surface area contributed by atoms with E-state index < -0.39 is 0 Å². The van der Waals surface area contributed by atoms with Gasteiger partial charge in [-0.2, -0.15) is 0 Å². The van der Waals surface area contributed by atoms with Gasteiger partial charge in [-0.05, 0) is 43.6 Å². The molecule has 2 aliphatic rings. The zero-order valence-corrected chi connectivity index (χ0v) is 11.4. The molecule has 17 heavy (non-hydrogen) atoms. The van der Waals surface area contributed by atoms with Crippen molar-refractivity contribution in [1.29, 1.82) is 0 Å². The summed E-state index contributed by atoms with van der Waals surface area (Å²) in [7, 11) is 0. The first-order valence-electron chi connectivity index (χ1n) is 7.21. The molecule has 2 atom stereocenters. The Morgan fingerprint density at radius 2 is 2.12 bits per heavy atom. The molecule has 2 N–H and O–H groups in total. The van der Waals surface area contributed by atoms with Crippen LogP contribution in [0.1, 0.15) is 39.5 Å². The van der Waals surface area contributed by atoms with Crippen LogP contribution in [0.15, 0.2) is 0 Å². The minimum atomic E-state index is 0.455. The zero-order chi connectivity index (χ0) is 12.1. The van der Waals surface area contributed by atoms with Crippen LogP contribution in [-0.2, 0) is 4.74 Å². The molecule has 0 bridgehead atoms. The number of ether oxygens (including phenoxy) is 1. The minimum Gasteiger partial charge on any atom is -0.381 e. The van der Waals surface area contributed by atoms with Gasteiger partial charge >= 0.3 is 0 Å². The van der Waals surface area contributed by atoms with E-state index in [1.165, 1.54) is 32.2 Å². The van der Waals surface area contributed by atoms with Crippen LogP contribution in [0.5, 0.6) is 0 Å².